The lowest BCUT2D eigenvalue weighted by atomic mass is 10.1. The van der Waals surface area contributed by atoms with E-state index in [1.165, 1.54) is 55.0 Å². The zero-order valence-corrected chi connectivity index (χ0v) is 72.2. The summed E-state index contributed by atoms with van der Waals surface area (Å²) in [6.07, 6.45) is -4.70. The molecule has 0 saturated heterocycles. The first kappa shape index (κ1) is 74.9. The Balaban J connectivity index is 0.000000132. The van der Waals surface area contributed by atoms with Crippen LogP contribution >= 0.6 is 47.3 Å². The predicted octanol–water partition coefficient (Wildman–Crippen LogP) is 15.9. The fourth-order valence-electron chi connectivity index (χ4n) is 17.7. The van der Waals surface area contributed by atoms with Gasteiger partial charge in [-0.2, -0.15) is 0 Å². The summed E-state index contributed by atoms with van der Waals surface area (Å²) in [4.78, 5) is 7.02. The maximum Gasteiger partial charge on any atom is 0.211 e. The summed E-state index contributed by atoms with van der Waals surface area (Å²) >= 11 is 20.1. The number of anilines is 9. The van der Waals surface area contributed by atoms with E-state index in [-0.39, 0.29) is 0 Å². The van der Waals surface area contributed by atoms with Crippen LogP contribution in [-0.4, -0.2) is 91.0 Å². The van der Waals surface area contributed by atoms with E-state index >= 15 is 13.7 Å². The molecule has 538 valence electrons. The smallest absolute Gasteiger partial charge is 0.211 e. The molecule has 7 aliphatic rings. The second-order valence-corrected chi connectivity index (χ2v) is 53.9. The van der Waals surface area contributed by atoms with E-state index in [9.17, 15) is 4.57 Å². The highest BCUT2D eigenvalue weighted by molar-refractivity contribution is 8.23. The lowest BCUT2D eigenvalue weighted by Crippen LogP contribution is -2.53. The molecule has 0 aliphatic carbocycles. The van der Waals surface area contributed by atoms with Crippen molar-refractivity contribution in [1.82, 2.24) is 18.7 Å². The third-order valence-corrected chi connectivity index (χ3v) is 48.5. The molecule has 0 fully saturated rings. The van der Waals surface area contributed by atoms with Crippen LogP contribution in [0.5, 0.6) is 0 Å². The van der Waals surface area contributed by atoms with Gasteiger partial charge in [0.1, 0.15) is 14.3 Å². The third kappa shape index (κ3) is 10.7. The lowest BCUT2D eigenvalue weighted by Gasteiger charge is -2.52. The number of fused-ring (bicyclic) bond motifs is 8. The molecule has 7 heterocycles. The zero-order valence-electron chi connectivity index (χ0n) is 63.5. The first-order valence-electron chi connectivity index (χ1n) is 36.5. The number of aryl methyl sites for hydroxylation is 9. The molecule has 0 spiro atoms. The van der Waals surface area contributed by atoms with Crippen LogP contribution in [-0.2, 0) is 53.7 Å². The number of hydrogen-bond acceptors (Lipinski definition) is 10. The van der Waals surface area contributed by atoms with E-state index in [4.69, 9.17) is 35.4 Å². The molecule has 0 amide bonds. The highest BCUT2D eigenvalue weighted by atomic mass is 32.4. The molecule has 0 aromatic heterocycles. The van der Waals surface area contributed by atoms with Crippen molar-refractivity contribution < 1.29 is 18.3 Å². The molecule has 0 saturated carbocycles. The first-order valence-corrected chi connectivity index (χ1v) is 52.9. The predicted molar refractivity (Wildman–Crippen MR) is 464 cm³/mol. The second kappa shape index (κ2) is 26.5. The van der Waals surface area contributed by atoms with E-state index in [1.54, 1.807) is 0 Å². The lowest BCUT2D eigenvalue weighted by molar-refractivity contribution is 0.457. The Morgan fingerprint density at radius 3 is 0.883 bits per heavy atom. The topological polar surface area (TPSA) is 91.0 Å². The van der Waals surface area contributed by atoms with Crippen LogP contribution in [0.15, 0.2) is 133 Å². The molecule has 7 atom stereocenters. The van der Waals surface area contributed by atoms with Crippen molar-refractivity contribution in [2.24, 2.45) is 0 Å². The van der Waals surface area contributed by atoms with Crippen molar-refractivity contribution >= 4 is 208 Å². The summed E-state index contributed by atoms with van der Waals surface area (Å²) in [6.45, 7) is 48.3. The second-order valence-electron chi connectivity index (χ2n) is 29.4. The fraction of sp³-hybridized carbons (Fsp3) is 0.341. The molecule has 9 aromatic rings. The highest BCUT2D eigenvalue weighted by Gasteiger charge is 2.56. The highest BCUT2D eigenvalue weighted by Crippen LogP contribution is 2.69. The maximum absolute atomic E-state index is 15.8. The van der Waals surface area contributed by atoms with E-state index < -0.39 is 47.3 Å². The molecule has 0 radical (unpaired) electrons. The van der Waals surface area contributed by atoms with Gasteiger partial charge in [-0.1, -0.05) is 137 Å². The van der Waals surface area contributed by atoms with Crippen LogP contribution in [0.1, 0.15) is 105 Å². The maximum atomic E-state index is 15.8. The van der Waals surface area contributed by atoms with Gasteiger partial charge in [-0.25, -0.2) is 9.34 Å². The Hall–Kier alpha value is -4.91. The van der Waals surface area contributed by atoms with Gasteiger partial charge in [-0.3, -0.25) is 18.5 Å². The van der Waals surface area contributed by atoms with E-state index in [2.05, 4.69) is 264 Å². The van der Waals surface area contributed by atoms with Crippen LogP contribution in [0, 0.1) is 62.3 Å². The molecule has 21 heteroatoms. The standard InChI is InChI=1S/C30H38N3O2P3S.C26H30N2O2P2.C26H30N2P2S2/c1-9-31(10-2)37(35)24-15-19(5)13-22-28(24)33-29-23(36(22,8)34)14-20(6)17-26(29)38(39,32(11-3)12-4)27-18-21(7)16-25(37)30(27)33;1-7-27(8-2)32(30)23-14-18(4)10-12-21(23)28-20-11-9-17(3)13-22(20)31(6,29)24-15-19(5)16-25(32)26(24)28;1-7-27(8-2)30(32)23-14-18(4)10-12-21(23)28-20-11-9-17(3)13-22(20)29(6,31)24-15-19(5)16-25(30)26(24)28/h13-18H,9-12H2,1-8H3;2*9-16H,7-8H2,1-6H3. The van der Waals surface area contributed by atoms with Crippen molar-refractivity contribution in [2.45, 2.75) is 118 Å². The molecular weight excluding hydrogens is 1460 g/mol. The summed E-state index contributed by atoms with van der Waals surface area (Å²) in [5.74, 6) is 0. The van der Waals surface area contributed by atoms with Gasteiger partial charge in [0.25, 0.3) is 0 Å². The largest absolute Gasteiger partial charge is 0.314 e. The van der Waals surface area contributed by atoms with Crippen molar-refractivity contribution in [3.63, 3.8) is 0 Å². The van der Waals surface area contributed by atoms with E-state index in [1.807, 2.05) is 40.2 Å². The Labute approximate surface area is 628 Å². The summed E-state index contributed by atoms with van der Waals surface area (Å²) < 4.78 is 69.6. The molecule has 16 rings (SSSR count). The normalized spacial score (nSPS) is 24.1. The average molecular weight is 1560 g/mol. The monoisotopic (exact) mass is 1560 g/mol. The number of benzene rings is 9. The van der Waals surface area contributed by atoms with Gasteiger partial charge in [0, 0.05) is 111 Å². The van der Waals surface area contributed by atoms with E-state index in [0.717, 1.165) is 147 Å². The van der Waals surface area contributed by atoms with E-state index in [0.29, 0.717) is 26.2 Å². The van der Waals surface area contributed by atoms with Crippen molar-refractivity contribution in [2.75, 3.05) is 87.1 Å². The number of hydrogen-bond donors (Lipinski definition) is 0. The summed E-state index contributed by atoms with van der Waals surface area (Å²) in [7, 11) is -12.3. The van der Waals surface area contributed by atoms with Gasteiger partial charge in [-0.15, -0.1) is 0 Å². The van der Waals surface area contributed by atoms with Crippen LogP contribution in [0.25, 0.3) is 0 Å². The molecule has 7 unspecified atom stereocenters. The Morgan fingerprint density at radius 1 is 0.262 bits per heavy atom. The molecular formula is C82H98N7O4P7S3. The minimum atomic E-state index is -3.26. The third-order valence-electron chi connectivity index (χ3n) is 22.6. The SMILES string of the molecule is CCN(CC)P1(=O)c2cc(C)cc3c2N2c4c(cc(C)cc4P(=S)(N(CC)CC)c4cc(C)cc1c42)P3(C)=O.CCN(CC)P1(=O)c2cc(C)ccc2N2c3ccc(C)cc3P(C)(=O)c3cc(C)cc1c32.CCN(CC)P1(=S)c2cc(C)ccc2N2c3ccc(C)cc3P(C)(=S)c3cc(C)cc1c32. The molecule has 11 nitrogen and oxygen atoms in total. The Bertz CT molecular complexity index is 5210. The van der Waals surface area contributed by atoms with Crippen LogP contribution in [0.2, 0.25) is 0 Å². The minimum absolute atomic E-state index is 0.661. The summed E-state index contributed by atoms with van der Waals surface area (Å²) in [5.41, 5.74) is 19.5. The average Bonchev–Trinajstić information content (AvgIpc) is 0.665. The molecule has 0 bridgehead atoms. The molecule has 7 aliphatic heterocycles. The summed E-state index contributed by atoms with van der Waals surface area (Å²) in [5, 5.41) is 14.4. The van der Waals surface area contributed by atoms with Crippen LogP contribution < -0.4 is 89.0 Å². The number of rotatable bonds is 12. The van der Waals surface area contributed by atoms with Crippen molar-refractivity contribution in [1.29, 1.82) is 0 Å². The van der Waals surface area contributed by atoms with Gasteiger partial charge >= 0.3 is 0 Å². The van der Waals surface area contributed by atoms with Gasteiger partial charge in [0.2, 0.25) is 14.6 Å². The first-order chi connectivity index (χ1) is 48.7. The molecule has 0 N–H and O–H groups in total. The van der Waals surface area contributed by atoms with Gasteiger partial charge in [-0.05, 0) is 219 Å². The molecule has 9 aromatic carbocycles. The van der Waals surface area contributed by atoms with Crippen molar-refractivity contribution in [3.05, 3.63) is 184 Å². The zero-order chi connectivity index (χ0) is 74.2. The van der Waals surface area contributed by atoms with Gasteiger partial charge in [0.05, 0.1) is 84.8 Å². The van der Waals surface area contributed by atoms with Crippen LogP contribution in [0.3, 0.4) is 0 Å². The number of nitrogens with zero attached hydrogens (tertiary/aromatic N) is 7. The fourth-order valence-corrected chi connectivity index (χ4v) is 43.0. The van der Waals surface area contributed by atoms with Crippen LogP contribution in [0.4, 0.5) is 51.2 Å². The van der Waals surface area contributed by atoms with Gasteiger partial charge in [0.15, 0.2) is 0 Å². The van der Waals surface area contributed by atoms with Crippen molar-refractivity contribution in [3.8, 4) is 0 Å². The quantitative estimate of drug-likeness (QED) is 0.109. The molecule has 103 heavy (non-hydrogen) atoms. The Morgan fingerprint density at radius 2 is 0.495 bits per heavy atom. The Kier molecular flexibility index (Phi) is 19.2. The summed E-state index contributed by atoms with van der Waals surface area (Å²) in [6, 6.07) is 46.0. The van der Waals surface area contributed by atoms with Gasteiger partial charge < -0.3 is 23.8 Å². The minimum Gasteiger partial charge on any atom is -0.314 e.